The molecule has 1 amide bonds. The Hall–Kier alpha value is -3.52. The van der Waals surface area contributed by atoms with E-state index in [0.29, 0.717) is 59.7 Å². The zero-order chi connectivity index (χ0) is 21.8. The summed E-state index contributed by atoms with van der Waals surface area (Å²) in [5.41, 5.74) is 2.24. The van der Waals surface area contributed by atoms with Gasteiger partial charge in [0.25, 0.3) is 5.91 Å². The highest BCUT2D eigenvalue weighted by molar-refractivity contribution is 6.08. The van der Waals surface area contributed by atoms with E-state index >= 15 is 0 Å². The maximum Gasteiger partial charge on any atom is 0.338 e. The van der Waals surface area contributed by atoms with Crippen molar-refractivity contribution in [2.45, 2.75) is 6.92 Å². The minimum Gasteiger partial charge on any atom is -0.462 e. The van der Waals surface area contributed by atoms with Gasteiger partial charge in [0.1, 0.15) is 5.82 Å². The number of hydrogen-bond donors (Lipinski definition) is 1. The molecule has 0 saturated carbocycles. The Balaban J connectivity index is 1.77. The van der Waals surface area contributed by atoms with Crippen molar-refractivity contribution in [1.29, 1.82) is 0 Å². The van der Waals surface area contributed by atoms with Crippen LogP contribution in [0.4, 0.5) is 15.8 Å². The van der Waals surface area contributed by atoms with Gasteiger partial charge in [0.05, 0.1) is 42.2 Å². The highest BCUT2D eigenvalue weighted by Crippen LogP contribution is 2.31. The molecule has 7 nitrogen and oxygen atoms in total. The molecule has 0 spiro atoms. The van der Waals surface area contributed by atoms with Crippen molar-refractivity contribution in [2.75, 3.05) is 38.2 Å². The SMILES string of the molecule is CCOC(=O)c1cccc(Nc2c(C(=O)N3CCOCC3)cnc3ccc(F)cc23)c1. The second-order valence-corrected chi connectivity index (χ2v) is 7.04. The number of benzene rings is 2. The normalized spacial score (nSPS) is 13.8. The van der Waals surface area contributed by atoms with Gasteiger partial charge in [-0.2, -0.15) is 0 Å². The Labute approximate surface area is 178 Å². The van der Waals surface area contributed by atoms with E-state index in [2.05, 4.69) is 10.3 Å². The number of rotatable bonds is 5. The van der Waals surface area contributed by atoms with Crippen LogP contribution in [0.25, 0.3) is 10.9 Å². The average Bonchev–Trinajstić information content (AvgIpc) is 2.80. The standard InChI is InChI=1S/C23H22FN3O4/c1-2-31-23(29)15-4-3-5-17(12-15)26-21-18-13-16(24)6-7-20(18)25-14-19(21)22(28)27-8-10-30-11-9-27/h3-7,12-14H,2,8-11H2,1H3,(H,25,26). The summed E-state index contributed by atoms with van der Waals surface area (Å²) in [5.74, 6) is -1.10. The van der Waals surface area contributed by atoms with Crippen LogP contribution in [0.2, 0.25) is 0 Å². The molecule has 0 atom stereocenters. The summed E-state index contributed by atoms with van der Waals surface area (Å²) in [4.78, 5) is 31.4. The molecular formula is C23H22FN3O4. The third-order valence-corrected chi connectivity index (χ3v) is 5.00. The van der Waals surface area contributed by atoms with E-state index in [4.69, 9.17) is 9.47 Å². The zero-order valence-electron chi connectivity index (χ0n) is 17.1. The lowest BCUT2D eigenvalue weighted by atomic mass is 10.1. The van der Waals surface area contributed by atoms with E-state index in [1.165, 1.54) is 18.3 Å². The van der Waals surface area contributed by atoms with Crippen LogP contribution in [0.3, 0.4) is 0 Å². The van der Waals surface area contributed by atoms with Crippen molar-refractivity contribution in [1.82, 2.24) is 9.88 Å². The summed E-state index contributed by atoms with van der Waals surface area (Å²) < 4.78 is 24.5. The van der Waals surface area contributed by atoms with Crippen LogP contribution in [0.1, 0.15) is 27.6 Å². The highest BCUT2D eigenvalue weighted by atomic mass is 19.1. The van der Waals surface area contributed by atoms with Crippen molar-refractivity contribution in [3.05, 3.63) is 65.6 Å². The number of nitrogens with one attached hydrogen (secondary N) is 1. The fourth-order valence-electron chi connectivity index (χ4n) is 3.48. The van der Waals surface area contributed by atoms with Gasteiger partial charge < -0.3 is 19.7 Å². The molecule has 4 rings (SSSR count). The van der Waals surface area contributed by atoms with Gasteiger partial charge >= 0.3 is 5.97 Å². The van der Waals surface area contributed by atoms with Gasteiger partial charge in [-0.3, -0.25) is 9.78 Å². The number of amides is 1. The van der Waals surface area contributed by atoms with Gasteiger partial charge in [-0.25, -0.2) is 9.18 Å². The van der Waals surface area contributed by atoms with E-state index < -0.39 is 11.8 Å². The molecule has 8 heteroatoms. The number of morpholine rings is 1. The van der Waals surface area contributed by atoms with Crippen LogP contribution in [-0.4, -0.2) is 54.7 Å². The van der Waals surface area contributed by atoms with Gasteiger partial charge in [-0.15, -0.1) is 0 Å². The largest absolute Gasteiger partial charge is 0.462 e. The van der Waals surface area contributed by atoms with Crippen LogP contribution < -0.4 is 5.32 Å². The summed E-state index contributed by atoms with van der Waals surface area (Å²) in [7, 11) is 0. The Morgan fingerprint density at radius 3 is 2.77 bits per heavy atom. The van der Waals surface area contributed by atoms with Gasteiger partial charge in [-0.1, -0.05) is 6.07 Å². The molecular weight excluding hydrogens is 401 g/mol. The van der Waals surface area contributed by atoms with E-state index in [1.807, 2.05) is 0 Å². The first-order valence-electron chi connectivity index (χ1n) is 10.1. The number of carbonyl (C=O) groups excluding carboxylic acids is 2. The molecule has 0 bridgehead atoms. The number of halogens is 1. The van der Waals surface area contributed by atoms with Crippen LogP contribution in [0.5, 0.6) is 0 Å². The molecule has 2 aromatic carbocycles. The maximum absolute atomic E-state index is 14.1. The molecule has 1 N–H and O–H groups in total. The second-order valence-electron chi connectivity index (χ2n) is 7.04. The van der Waals surface area contributed by atoms with Gasteiger partial charge in [-0.05, 0) is 43.3 Å². The number of pyridine rings is 1. The number of aromatic nitrogens is 1. The molecule has 0 aliphatic carbocycles. The van der Waals surface area contributed by atoms with Crippen molar-refractivity contribution >= 4 is 34.2 Å². The predicted octanol–water partition coefficient (Wildman–Crippen LogP) is 3.77. The molecule has 160 valence electrons. The van der Waals surface area contributed by atoms with Crippen molar-refractivity contribution in [3.63, 3.8) is 0 Å². The molecule has 1 saturated heterocycles. The Morgan fingerprint density at radius 2 is 2.00 bits per heavy atom. The Kier molecular flexibility index (Phi) is 6.08. The van der Waals surface area contributed by atoms with Crippen LogP contribution in [0.15, 0.2) is 48.7 Å². The molecule has 0 unspecified atom stereocenters. The van der Waals surface area contributed by atoms with Crippen LogP contribution in [0, 0.1) is 5.82 Å². The topological polar surface area (TPSA) is 80.8 Å². The third-order valence-electron chi connectivity index (χ3n) is 5.00. The molecule has 0 radical (unpaired) electrons. The summed E-state index contributed by atoms with van der Waals surface area (Å²) in [6.45, 7) is 3.87. The number of esters is 1. The number of nitrogens with zero attached hydrogens (tertiary/aromatic N) is 2. The van der Waals surface area contributed by atoms with Crippen molar-refractivity contribution < 1.29 is 23.5 Å². The number of fused-ring (bicyclic) bond motifs is 1. The first kappa shape index (κ1) is 20.7. The Bertz CT molecular complexity index is 1130. The fourth-order valence-corrected chi connectivity index (χ4v) is 3.48. The van der Waals surface area contributed by atoms with Crippen molar-refractivity contribution in [2.24, 2.45) is 0 Å². The number of carbonyl (C=O) groups is 2. The molecule has 3 aromatic rings. The van der Waals surface area contributed by atoms with Crippen LogP contribution >= 0.6 is 0 Å². The average molecular weight is 423 g/mol. The first-order valence-corrected chi connectivity index (χ1v) is 10.1. The minimum absolute atomic E-state index is 0.217. The molecule has 1 fully saturated rings. The van der Waals surface area contributed by atoms with Gasteiger partial charge in [0.2, 0.25) is 0 Å². The van der Waals surface area contributed by atoms with E-state index in [1.54, 1.807) is 42.2 Å². The van der Waals surface area contributed by atoms with E-state index in [0.717, 1.165) is 0 Å². The fraction of sp³-hybridized carbons (Fsp3) is 0.261. The first-order chi connectivity index (χ1) is 15.1. The summed E-state index contributed by atoms with van der Waals surface area (Å²) >= 11 is 0. The van der Waals surface area contributed by atoms with Gasteiger partial charge in [0, 0.05) is 30.4 Å². The number of hydrogen-bond acceptors (Lipinski definition) is 6. The van der Waals surface area contributed by atoms with Crippen molar-refractivity contribution in [3.8, 4) is 0 Å². The lowest BCUT2D eigenvalue weighted by Crippen LogP contribution is -2.41. The van der Waals surface area contributed by atoms with Crippen LogP contribution in [-0.2, 0) is 9.47 Å². The summed E-state index contributed by atoms with van der Waals surface area (Å²) in [6.07, 6.45) is 1.50. The van der Waals surface area contributed by atoms with Gasteiger partial charge in [0.15, 0.2) is 0 Å². The lowest BCUT2D eigenvalue weighted by molar-refractivity contribution is 0.0303. The second kappa shape index (κ2) is 9.09. The predicted molar refractivity (Wildman–Crippen MR) is 114 cm³/mol. The van der Waals surface area contributed by atoms with E-state index in [-0.39, 0.29) is 12.5 Å². The highest BCUT2D eigenvalue weighted by Gasteiger charge is 2.23. The smallest absolute Gasteiger partial charge is 0.338 e. The zero-order valence-corrected chi connectivity index (χ0v) is 17.1. The molecule has 31 heavy (non-hydrogen) atoms. The lowest BCUT2D eigenvalue weighted by Gasteiger charge is -2.28. The minimum atomic E-state index is -0.443. The number of ether oxygens (including phenoxy) is 2. The quantitative estimate of drug-likeness (QED) is 0.630. The monoisotopic (exact) mass is 423 g/mol. The molecule has 1 aliphatic heterocycles. The number of anilines is 2. The maximum atomic E-state index is 14.1. The summed E-state index contributed by atoms with van der Waals surface area (Å²) in [6, 6.07) is 11.0. The molecule has 1 aromatic heterocycles. The van der Waals surface area contributed by atoms with E-state index in [9.17, 15) is 14.0 Å². The summed E-state index contributed by atoms with van der Waals surface area (Å²) in [5, 5.41) is 3.68. The Morgan fingerprint density at radius 1 is 1.19 bits per heavy atom. The molecule has 1 aliphatic rings. The third kappa shape index (κ3) is 4.49. The molecule has 2 heterocycles.